The van der Waals surface area contributed by atoms with Gasteiger partial charge in [-0.05, 0) is 24.6 Å². The summed E-state index contributed by atoms with van der Waals surface area (Å²) >= 11 is 0. The highest BCUT2D eigenvalue weighted by Crippen LogP contribution is 2.32. The van der Waals surface area contributed by atoms with E-state index in [0.717, 1.165) is 41.0 Å². The Morgan fingerprint density at radius 3 is 2.58 bits per heavy atom. The molecule has 3 aromatic carbocycles. The average Bonchev–Trinajstić information content (AvgIpc) is 3.18. The third kappa shape index (κ3) is 4.58. The van der Waals surface area contributed by atoms with E-state index in [4.69, 9.17) is 9.72 Å². The van der Waals surface area contributed by atoms with E-state index in [0.29, 0.717) is 12.3 Å². The topological polar surface area (TPSA) is 70.2 Å². The van der Waals surface area contributed by atoms with Crippen LogP contribution in [0.2, 0.25) is 0 Å². The van der Waals surface area contributed by atoms with Gasteiger partial charge in [-0.3, -0.25) is 14.7 Å². The van der Waals surface area contributed by atoms with Crippen molar-refractivity contribution in [2.45, 2.75) is 32.6 Å². The van der Waals surface area contributed by atoms with Crippen LogP contribution in [0.1, 0.15) is 32.6 Å². The Bertz CT molecular complexity index is 1190. The first kappa shape index (κ1) is 20.6. The lowest BCUT2D eigenvalue weighted by Crippen LogP contribution is -2.00. The van der Waals surface area contributed by atoms with Crippen molar-refractivity contribution in [3.63, 3.8) is 0 Å². The molecule has 0 bridgehead atoms. The molecule has 0 radical (unpaired) electrons. The number of hydrogen-bond donors (Lipinski definition) is 0. The second-order valence-corrected chi connectivity index (χ2v) is 7.47. The van der Waals surface area contributed by atoms with Gasteiger partial charge >= 0.3 is 0 Å². The van der Waals surface area contributed by atoms with Crippen molar-refractivity contribution in [2.75, 3.05) is 6.61 Å². The summed E-state index contributed by atoms with van der Waals surface area (Å²) in [4.78, 5) is 15.8. The van der Waals surface area contributed by atoms with Crippen LogP contribution in [0.15, 0.2) is 72.8 Å². The lowest BCUT2D eigenvalue weighted by molar-refractivity contribution is -0.384. The van der Waals surface area contributed by atoms with Gasteiger partial charge in [-0.2, -0.15) is 0 Å². The molecule has 0 unspecified atom stereocenters. The molecular weight excluding hydrogens is 390 g/mol. The molecule has 4 aromatic rings. The second-order valence-electron chi connectivity index (χ2n) is 7.47. The first-order chi connectivity index (χ1) is 15.2. The number of hydrogen-bond acceptors (Lipinski definition) is 4. The molecule has 1 aromatic heterocycles. The zero-order valence-corrected chi connectivity index (χ0v) is 17.5. The average molecular weight is 415 g/mol. The molecule has 0 spiro atoms. The van der Waals surface area contributed by atoms with Crippen LogP contribution in [0.25, 0.3) is 28.1 Å². The van der Waals surface area contributed by atoms with Crippen molar-refractivity contribution in [3.05, 3.63) is 82.9 Å². The Labute approximate surface area is 181 Å². The van der Waals surface area contributed by atoms with Crippen LogP contribution in [0, 0.1) is 10.1 Å². The minimum Gasteiger partial charge on any atom is -0.494 e. The predicted molar refractivity (Wildman–Crippen MR) is 123 cm³/mol. The number of nitrogens with zero attached hydrogens (tertiary/aromatic N) is 3. The number of benzene rings is 3. The predicted octanol–water partition coefficient (Wildman–Crippen LogP) is 6.56. The third-order valence-electron chi connectivity index (χ3n) is 5.22. The molecule has 0 aliphatic rings. The summed E-state index contributed by atoms with van der Waals surface area (Å²) in [5, 5.41) is 11.3. The molecule has 4 rings (SSSR count). The maximum atomic E-state index is 11.3. The molecule has 158 valence electrons. The number of unbranched alkanes of at least 4 members (excludes halogenated alkanes) is 3. The molecule has 0 amide bonds. The van der Waals surface area contributed by atoms with Gasteiger partial charge in [0.15, 0.2) is 0 Å². The smallest absolute Gasteiger partial charge is 0.271 e. The molecule has 6 heteroatoms. The van der Waals surface area contributed by atoms with E-state index >= 15 is 0 Å². The maximum absolute atomic E-state index is 11.3. The summed E-state index contributed by atoms with van der Waals surface area (Å²) in [6.45, 7) is 2.86. The van der Waals surface area contributed by atoms with Crippen molar-refractivity contribution < 1.29 is 9.66 Å². The lowest BCUT2D eigenvalue weighted by atomic mass is 10.2. The largest absolute Gasteiger partial charge is 0.494 e. The Morgan fingerprint density at radius 2 is 1.81 bits per heavy atom. The third-order valence-corrected chi connectivity index (χ3v) is 5.22. The van der Waals surface area contributed by atoms with Crippen molar-refractivity contribution in [1.29, 1.82) is 0 Å². The molecule has 0 aliphatic carbocycles. The highest BCUT2D eigenvalue weighted by atomic mass is 16.6. The van der Waals surface area contributed by atoms with Gasteiger partial charge in [-0.25, -0.2) is 4.98 Å². The summed E-state index contributed by atoms with van der Waals surface area (Å²) in [6.07, 6.45) is 4.58. The van der Waals surface area contributed by atoms with Gasteiger partial charge in [-0.1, -0.05) is 62.6 Å². The first-order valence-corrected chi connectivity index (χ1v) is 10.6. The molecular formula is C25H25N3O3. The fourth-order valence-corrected chi connectivity index (χ4v) is 3.65. The Hall–Kier alpha value is -3.67. The molecule has 0 atom stereocenters. The molecule has 0 N–H and O–H groups in total. The zero-order valence-electron chi connectivity index (χ0n) is 17.5. The van der Waals surface area contributed by atoms with Crippen LogP contribution in [0.4, 0.5) is 5.69 Å². The van der Waals surface area contributed by atoms with Gasteiger partial charge in [0.25, 0.3) is 5.69 Å². The number of fused-ring (bicyclic) bond motifs is 1. The molecule has 31 heavy (non-hydrogen) atoms. The SMILES string of the molecule is CCCCCCOc1ccc2nc(-c3ccccc3)n(-c3cccc([N+](=O)[O-])c3)c2c1. The molecule has 6 nitrogen and oxygen atoms in total. The Balaban J connectivity index is 1.79. The van der Waals surface area contributed by atoms with Crippen LogP contribution in [-0.2, 0) is 0 Å². The van der Waals surface area contributed by atoms with Gasteiger partial charge in [0.1, 0.15) is 11.6 Å². The van der Waals surface area contributed by atoms with Crippen molar-refractivity contribution in [2.24, 2.45) is 0 Å². The molecule has 1 heterocycles. The van der Waals surface area contributed by atoms with Crippen molar-refractivity contribution >= 4 is 16.7 Å². The number of aromatic nitrogens is 2. The number of nitro groups is 1. The standard InChI is InChI=1S/C25H25N3O3/c1-2-3-4-8-16-31-22-14-15-23-24(18-22)27(20-12-9-13-21(17-20)28(29)30)25(26-23)19-10-6-5-7-11-19/h5-7,9-15,17-18H,2-4,8,16H2,1H3. The fourth-order valence-electron chi connectivity index (χ4n) is 3.65. The summed E-state index contributed by atoms with van der Waals surface area (Å²) < 4.78 is 7.94. The highest BCUT2D eigenvalue weighted by Gasteiger charge is 2.17. The number of nitro benzene ring substituents is 1. The Morgan fingerprint density at radius 1 is 0.968 bits per heavy atom. The quantitative estimate of drug-likeness (QED) is 0.176. The zero-order chi connectivity index (χ0) is 21.6. The van der Waals surface area contributed by atoms with Gasteiger partial charge in [0, 0.05) is 23.8 Å². The van der Waals surface area contributed by atoms with Crippen LogP contribution < -0.4 is 4.74 Å². The minimum atomic E-state index is -0.379. The van der Waals surface area contributed by atoms with Crippen LogP contribution >= 0.6 is 0 Å². The number of ether oxygens (including phenoxy) is 1. The van der Waals surface area contributed by atoms with Crippen molar-refractivity contribution in [3.8, 4) is 22.8 Å². The van der Waals surface area contributed by atoms with Gasteiger partial charge in [0.05, 0.1) is 28.3 Å². The number of imidazole rings is 1. The Kier molecular flexibility index (Phi) is 6.26. The molecule has 0 fully saturated rings. The van der Waals surface area contributed by atoms with Crippen molar-refractivity contribution in [1.82, 2.24) is 9.55 Å². The summed E-state index contributed by atoms with van der Waals surface area (Å²) in [5.74, 6) is 1.51. The van der Waals surface area contributed by atoms with Gasteiger partial charge in [-0.15, -0.1) is 0 Å². The van der Waals surface area contributed by atoms with E-state index in [1.807, 2.05) is 59.2 Å². The van der Waals surface area contributed by atoms with E-state index in [1.54, 1.807) is 12.1 Å². The first-order valence-electron chi connectivity index (χ1n) is 10.6. The number of rotatable bonds is 9. The minimum absolute atomic E-state index is 0.0432. The maximum Gasteiger partial charge on any atom is 0.271 e. The van der Waals surface area contributed by atoms with E-state index in [-0.39, 0.29) is 10.6 Å². The molecule has 0 saturated heterocycles. The summed E-state index contributed by atoms with van der Waals surface area (Å²) in [7, 11) is 0. The number of non-ortho nitro benzene ring substituents is 1. The van der Waals surface area contributed by atoms with E-state index < -0.39 is 0 Å². The van der Waals surface area contributed by atoms with E-state index in [9.17, 15) is 10.1 Å². The summed E-state index contributed by atoms with van der Waals surface area (Å²) in [5.41, 5.74) is 3.33. The second kappa shape index (κ2) is 9.43. The fraction of sp³-hybridized carbons (Fsp3) is 0.240. The monoisotopic (exact) mass is 415 g/mol. The molecule has 0 saturated carbocycles. The van der Waals surface area contributed by atoms with Gasteiger partial charge < -0.3 is 4.74 Å². The lowest BCUT2D eigenvalue weighted by Gasteiger charge is -2.11. The van der Waals surface area contributed by atoms with Crippen LogP contribution in [0.5, 0.6) is 5.75 Å². The van der Waals surface area contributed by atoms with E-state index in [1.165, 1.54) is 18.9 Å². The normalized spacial score (nSPS) is 11.0. The van der Waals surface area contributed by atoms with E-state index in [2.05, 4.69) is 6.92 Å². The molecule has 0 aliphatic heterocycles. The highest BCUT2D eigenvalue weighted by molar-refractivity contribution is 5.84. The van der Waals surface area contributed by atoms with Crippen LogP contribution in [0.3, 0.4) is 0 Å². The van der Waals surface area contributed by atoms with Gasteiger partial charge in [0.2, 0.25) is 0 Å². The van der Waals surface area contributed by atoms with Crippen LogP contribution in [-0.4, -0.2) is 21.1 Å². The summed E-state index contributed by atoms with van der Waals surface area (Å²) in [6, 6.07) is 22.3.